The van der Waals surface area contributed by atoms with Crippen LogP contribution in [0, 0.1) is 0 Å². The van der Waals surface area contributed by atoms with Gasteiger partial charge in [0.15, 0.2) is 5.96 Å². The largest absolute Gasteiger partial charge is 0.375 e. The van der Waals surface area contributed by atoms with E-state index in [1.807, 2.05) is 6.20 Å². The first kappa shape index (κ1) is 21.4. The standard InChI is InChI=1S/C24H34N6O/c1-3-25-24(28-21-11-12-29(18-21)22-7-5-4-6-8-22)27-16-20-9-10-23(26-15-20)30-13-14-31-19(2)17-30/h4-10,15,19,21H,3,11-14,16-18H2,1-2H3,(H2,25,27,28). The van der Waals surface area contributed by atoms with E-state index >= 15 is 0 Å². The lowest BCUT2D eigenvalue weighted by molar-refractivity contribution is 0.0529. The molecule has 2 fully saturated rings. The first-order valence-corrected chi connectivity index (χ1v) is 11.4. The van der Waals surface area contributed by atoms with Crippen LogP contribution in [0.4, 0.5) is 11.5 Å². The second kappa shape index (κ2) is 10.5. The molecule has 1 aromatic heterocycles. The van der Waals surface area contributed by atoms with Crippen LogP contribution < -0.4 is 20.4 Å². The molecule has 0 radical (unpaired) electrons. The van der Waals surface area contributed by atoms with Crippen molar-refractivity contribution in [2.75, 3.05) is 49.1 Å². The van der Waals surface area contributed by atoms with E-state index in [1.165, 1.54) is 5.69 Å². The Balaban J connectivity index is 1.32. The van der Waals surface area contributed by atoms with E-state index in [2.05, 4.69) is 81.7 Å². The minimum atomic E-state index is 0.252. The highest BCUT2D eigenvalue weighted by molar-refractivity contribution is 5.80. The Bertz CT molecular complexity index is 841. The molecule has 7 nitrogen and oxygen atoms in total. The molecule has 3 heterocycles. The van der Waals surface area contributed by atoms with Gasteiger partial charge in [0.2, 0.25) is 0 Å². The lowest BCUT2D eigenvalue weighted by Crippen LogP contribution is -2.44. The molecular formula is C24H34N6O. The summed E-state index contributed by atoms with van der Waals surface area (Å²) in [7, 11) is 0. The van der Waals surface area contributed by atoms with E-state index in [9.17, 15) is 0 Å². The number of nitrogens with zero attached hydrogens (tertiary/aromatic N) is 4. The second-order valence-corrected chi connectivity index (χ2v) is 8.26. The number of nitrogens with one attached hydrogen (secondary N) is 2. The quantitative estimate of drug-likeness (QED) is 0.551. The SMILES string of the molecule is CCNC(=NCc1ccc(N2CCOC(C)C2)nc1)NC1CCN(c2ccccc2)C1. The van der Waals surface area contributed by atoms with E-state index in [-0.39, 0.29) is 6.10 Å². The topological polar surface area (TPSA) is 65.0 Å². The Morgan fingerprint density at radius 3 is 2.74 bits per heavy atom. The van der Waals surface area contributed by atoms with E-state index in [4.69, 9.17) is 9.73 Å². The van der Waals surface area contributed by atoms with Crippen molar-refractivity contribution in [2.45, 2.75) is 39.0 Å². The van der Waals surface area contributed by atoms with Crippen LogP contribution in [0.1, 0.15) is 25.8 Å². The highest BCUT2D eigenvalue weighted by Gasteiger charge is 2.23. The van der Waals surface area contributed by atoms with E-state index in [0.29, 0.717) is 12.6 Å². The van der Waals surface area contributed by atoms with Crippen LogP contribution in [0.3, 0.4) is 0 Å². The zero-order valence-corrected chi connectivity index (χ0v) is 18.6. The van der Waals surface area contributed by atoms with Gasteiger partial charge in [-0.1, -0.05) is 24.3 Å². The molecular weight excluding hydrogens is 388 g/mol. The van der Waals surface area contributed by atoms with Crippen molar-refractivity contribution in [3.05, 3.63) is 54.2 Å². The van der Waals surface area contributed by atoms with Gasteiger partial charge in [0.05, 0.1) is 19.3 Å². The number of aromatic nitrogens is 1. The molecule has 2 aliphatic rings. The fourth-order valence-electron chi connectivity index (χ4n) is 4.16. The fourth-order valence-corrected chi connectivity index (χ4v) is 4.16. The Morgan fingerprint density at radius 1 is 1.13 bits per heavy atom. The van der Waals surface area contributed by atoms with Gasteiger partial charge >= 0.3 is 0 Å². The number of guanidine groups is 1. The monoisotopic (exact) mass is 422 g/mol. The number of rotatable bonds is 6. The van der Waals surface area contributed by atoms with E-state index < -0.39 is 0 Å². The molecule has 166 valence electrons. The van der Waals surface area contributed by atoms with Crippen LogP contribution in [0.15, 0.2) is 53.7 Å². The molecule has 0 bridgehead atoms. The third-order valence-electron chi connectivity index (χ3n) is 5.79. The van der Waals surface area contributed by atoms with E-state index in [1.54, 1.807) is 0 Å². The third-order valence-corrected chi connectivity index (χ3v) is 5.79. The molecule has 2 atom stereocenters. The van der Waals surface area contributed by atoms with Gasteiger partial charge in [-0.2, -0.15) is 0 Å². The first-order chi connectivity index (χ1) is 15.2. The number of pyridine rings is 1. The van der Waals surface area contributed by atoms with Gasteiger partial charge in [-0.05, 0) is 44.0 Å². The van der Waals surface area contributed by atoms with Gasteiger partial charge in [-0.15, -0.1) is 0 Å². The zero-order chi connectivity index (χ0) is 21.5. The number of ether oxygens (including phenoxy) is 1. The molecule has 2 aromatic rings. The minimum Gasteiger partial charge on any atom is -0.375 e. The van der Waals surface area contributed by atoms with Crippen LogP contribution in [0.2, 0.25) is 0 Å². The van der Waals surface area contributed by atoms with Crippen molar-refractivity contribution >= 4 is 17.5 Å². The summed E-state index contributed by atoms with van der Waals surface area (Å²) in [5.74, 6) is 1.88. The van der Waals surface area contributed by atoms with Gasteiger partial charge in [0.1, 0.15) is 5.82 Å². The molecule has 2 unspecified atom stereocenters. The normalized spacial score (nSPS) is 21.9. The number of hydrogen-bond acceptors (Lipinski definition) is 5. The average Bonchev–Trinajstić information content (AvgIpc) is 3.27. The predicted molar refractivity (Wildman–Crippen MR) is 127 cm³/mol. The molecule has 31 heavy (non-hydrogen) atoms. The van der Waals surface area contributed by atoms with E-state index in [0.717, 1.165) is 63.1 Å². The van der Waals surface area contributed by atoms with Gasteiger partial charge in [0, 0.05) is 50.6 Å². The maximum Gasteiger partial charge on any atom is 0.191 e. The summed E-state index contributed by atoms with van der Waals surface area (Å²) in [5.41, 5.74) is 2.40. The number of aliphatic imine (C=N–C) groups is 1. The van der Waals surface area contributed by atoms with Crippen molar-refractivity contribution in [1.29, 1.82) is 0 Å². The summed E-state index contributed by atoms with van der Waals surface area (Å²) in [6, 6.07) is 15.2. The summed E-state index contributed by atoms with van der Waals surface area (Å²) in [6.45, 7) is 10.2. The van der Waals surface area contributed by atoms with Crippen molar-refractivity contribution in [3.63, 3.8) is 0 Å². The highest BCUT2D eigenvalue weighted by atomic mass is 16.5. The summed E-state index contributed by atoms with van der Waals surface area (Å²) in [6.07, 6.45) is 3.30. The zero-order valence-electron chi connectivity index (χ0n) is 18.6. The van der Waals surface area contributed by atoms with Gasteiger partial charge in [-0.25, -0.2) is 9.98 Å². The first-order valence-electron chi connectivity index (χ1n) is 11.4. The molecule has 2 aliphatic heterocycles. The summed E-state index contributed by atoms with van der Waals surface area (Å²) in [5, 5.41) is 6.99. The Labute approximate surface area is 185 Å². The molecule has 0 spiro atoms. The maximum atomic E-state index is 5.62. The Hall–Kier alpha value is -2.80. The van der Waals surface area contributed by atoms with Crippen LogP contribution in [0.25, 0.3) is 0 Å². The average molecular weight is 423 g/mol. The molecule has 0 aliphatic carbocycles. The van der Waals surface area contributed by atoms with Gasteiger partial charge in [-0.3, -0.25) is 0 Å². The molecule has 4 rings (SSSR count). The molecule has 2 saturated heterocycles. The van der Waals surface area contributed by atoms with Crippen LogP contribution in [-0.2, 0) is 11.3 Å². The van der Waals surface area contributed by atoms with Gasteiger partial charge < -0.3 is 25.2 Å². The second-order valence-electron chi connectivity index (χ2n) is 8.26. The number of morpholine rings is 1. The molecule has 0 saturated carbocycles. The lowest BCUT2D eigenvalue weighted by Gasteiger charge is -2.32. The molecule has 7 heteroatoms. The van der Waals surface area contributed by atoms with Crippen LogP contribution >= 0.6 is 0 Å². The third kappa shape index (κ3) is 5.88. The number of hydrogen-bond donors (Lipinski definition) is 2. The fraction of sp³-hybridized carbons (Fsp3) is 0.500. The smallest absolute Gasteiger partial charge is 0.191 e. The van der Waals surface area contributed by atoms with Crippen molar-refractivity contribution < 1.29 is 4.74 Å². The summed E-state index contributed by atoms with van der Waals surface area (Å²) in [4.78, 5) is 14.2. The number of anilines is 2. The van der Waals surface area contributed by atoms with Crippen LogP contribution in [0.5, 0.6) is 0 Å². The van der Waals surface area contributed by atoms with Crippen molar-refractivity contribution in [1.82, 2.24) is 15.6 Å². The summed E-state index contributed by atoms with van der Waals surface area (Å²) < 4.78 is 5.62. The molecule has 0 amide bonds. The lowest BCUT2D eigenvalue weighted by atomic mass is 10.2. The number of benzene rings is 1. The highest BCUT2D eigenvalue weighted by Crippen LogP contribution is 2.20. The number of para-hydroxylation sites is 1. The molecule has 2 N–H and O–H groups in total. The summed E-state index contributed by atoms with van der Waals surface area (Å²) >= 11 is 0. The predicted octanol–water partition coefficient (Wildman–Crippen LogP) is 2.64. The Morgan fingerprint density at radius 2 is 2.00 bits per heavy atom. The Kier molecular flexibility index (Phi) is 7.25. The molecule has 1 aromatic carbocycles. The minimum absolute atomic E-state index is 0.252. The van der Waals surface area contributed by atoms with Gasteiger partial charge in [0.25, 0.3) is 0 Å². The van der Waals surface area contributed by atoms with Crippen molar-refractivity contribution in [2.24, 2.45) is 4.99 Å². The van der Waals surface area contributed by atoms with Crippen LogP contribution in [-0.4, -0.2) is 62.4 Å². The maximum absolute atomic E-state index is 5.62. The van der Waals surface area contributed by atoms with Crippen molar-refractivity contribution in [3.8, 4) is 0 Å².